The first kappa shape index (κ1) is 18.6. The Morgan fingerprint density at radius 2 is 2.04 bits per heavy atom. The normalized spacial score (nSPS) is 14.9. The van der Waals surface area contributed by atoms with Crippen LogP contribution in [0.15, 0.2) is 18.2 Å². The van der Waals surface area contributed by atoms with Crippen molar-refractivity contribution in [1.82, 2.24) is 5.32 Å². The third kappa shape index (κ3) is 5.72. The van der Waals surface area contributed by atoms with Crippen LogP contribution in [-0.4, -0.2) is 15.9 Å². The van der Waals surface area contributed by atoms with Gasteiger partial charge in [-0.15, -0.1) is 0 Å². The molecule has 0 aliphatic heterocycles. The molecule has 1 saturated carbocycles. The molecule has 1 aliphatic rings. The summed E-state index contributed by atoms with van der Waals surface area (Å²) in [6.07, 6.45) is 7.51. The molecule has 6 nitrogen and oxygen atoms in total. The van der Waals surface area contributed by atoms with E-state index in [0.717, 1.165) is 6.42 Å². The summed E-state index contributed by atoms with van der Waals surface area (Å²) in [5, 5.41) is 16.4. The van der Waals surface area contributed by atoms with Crippen LogP contribution in [0.3, 0.4) is 0 Å². The number of benzene rings is 1. The summed E-state index contributed by atoms with van der Waals surface area (Å²) in [5.74, 6) is 0.492. The Bertz CT molecular complexity index is 633. The topological polar surface area (TPSA) is 84.3 Å². The van der Waals surface area contributed by atoms with E-state index in [4.69, 9.17) is 23.8 Å². The van der Waals surface area contributed by atoms with Gasteiger partial charge >= 0.3 is 0 Å². The number of thiocarbonyl (C=S) groups is 1. The average Bonchev–Trinajstić information content (AvgIpc) is 2.55. The van der Waals surface area contributed by atoms with Gasteiger partial charge in [-0.1, -0.05) is 43.7 Å². The minimum Gasteiger partial charge on any atom is -0.332 e. The van der Waals surface area contributed by atoms with Gasteiger partial charge < -0.3 is 10.6 Å². The van der Waals surface area contributed by atoms with E-state index in [9.17, 15) is 14.9 Å². The highest BCUT2D eigenvalue weighted by Gasteiger charge is 2.16. The number of anilines is 1. The van der Waals surface area contributed by atoms with Crippen molar-refractivity contribution in [2.45, 2.75) is 44.9 Å². The van der Waals surface area contributed by atoms with E-state index >= 15 is 0 Å². The number of hydrogen-bond acceptors (Lipinski definition) is 4. The lowest BCUT2D eigenvalue weighted by atomic mass is 9.86. The number of carbonyl (C=O) groups excluding carboxylic acids is 1. The van der Waals surface area contributed by atoms with Crippen molar-refractivity contribution < 1.29 is 9.72 Å². The monoisotopic (exact) mass is 369 g/mol. The molecule has 1 aromatic rings. The van der Waals surface area contributed by atoms with Gasteiger partial charge in [0.05, 0.1) is 4.92 Å². The molecule has 0 saturated heterocycles. The molecule has 0 spiro atoms. The highest BCUT2D eigenvalue weighted by molar-refractivity contribution is 7.80. The van der Waals surface area contributed by atoms with Crippen molar-refractivity contribution in [3.8, 4) is 0 Å². The summed E-state index contributed by atoms with van der Waals surface area (Å²) in [6.45, 7) is 0. The van der Waals surface area contributed by atoms with Gasteiger partial charge in [0.25, 0.3) is 5.69 Å². The molecule has 0 aromatic heterocycles. The minimum absolute atomic E-state index is 0.0491. The fourth-order valence-corrected chi connectivity index (χ4v) is 3.31. The molecular weight excluding hydrogens is 350 g/mol. The van der Waals surface area contributed by atoms with Crippen molar-refractivity contribution in [2.24, 2.45) is 5.92 Å². The van der Waals surface area contributed by atoms with E-state index in [2.05, 4.69) is 10.6 Å². The lowest BCUT2D eigenvalue weighted by molar-refractivity contribution is -0.384. The fourth-order valence-electron chi connectivity index (χ4n) is 2.89. The van der Waals surface area contributed by atoms with Crippen LogP contribution in [0.25, 0.3) is 0 Å². The van der Waals surface area contributed by atoms with Crippen LogP contribution >= 0.6 is 23.8 Å². The Balaban J connectivity index is 1.80. The SMILES string of the molecule is O=C(CCC1CCCCC1)NC(=S)Nc1ccc(Cl)c([N+](=O)[O-])c1. The standard InChI is InChI=1S/C16H20ClN3O3S/c17-13-8-7-12(10-14(13)20(22)23)18-16(24)19-15(21)9-6-11-4-2-1-3-5-11/h7-8,10-11H,1-6,9H2,(H2,18,19,21,24). The second kappa shape index (κ2) is 8.94. The number of nitro benzene ring substituents is 1. The molecule has 0 bridgehead atoms. The predicted molar refractivity (Wildman–Crippen MR) is 98.3 cm³/mol. The molecule has 1 aliphatic carbocycles. The molecule has 0 atom stereocenters. The number of nitrogens with zero attached hydrogens (tertiary/aromatic N) is 1. The first-order valence-corrected chi connectivity index (χ1v) is 8.79. The zero-order valence-electron chi connectivity index (χ0n) is 13.2. The fraction of sp³-hybridized carbons (Fsp3) is 0.500. The summed E-state index contributed by atoms with van der Waals surface area (Å²) in [7, 11) is 0. The van der Waals surface area contributed by atoms with Crippen molar-refractivity contribution in [3.63, 3.8) is 0 Å². The summed E-state index contributed by atoms with van der Waals surface area (Å²) in [4.78, 5) is 22.2. The van der Waals surface area contributed by atoms with Crippen LogP contribution in [0.4, 0.5) is 11.4 Å². The predicted octanol–water partition coefficient (Wildman–Crippen LogP) is 4.42. The van der Waals surface area contributed by atoms with Gasteiger partial charge in [-0.05, 0) is 36.7 Å². The molecule has 0 radical (unpaired) electrons. The van der Waals surface area contributed by atoms with E-state index < -0.39 is 4.92 Å². The van der Waals surface area contributed by atoms with E-state index in [-0.39, 0.29) is 21.7 Å². The molecule has 0 unspecified atom stereocenters. The van der Waals surface area contributed by atoms with Gasteiger partial charge in [-0.2, -0.15) is 0 Å². The van der Waals surface area contributed by atoms with E-state index in [1.807, 2.05) is 0 Å². The third-order valence-corrected chi connectivity index (χ3v) is 4.68. The maximum atomic E-state index is 11.9. The zero-order chi connectivity index (χ0) is 17.5. The number of amides is 1. The Morgan fingerprint density at radius 1 is 1.33 bits per heavy atom. The Labute approximate surface area is 151 Å². The Morgan fingerprint density at radius 3 is 2.71 bits per heavy atom. The average molecular weight is 370 g/mol. The summed E-state index contributed by atoms with van der Waals surface area (Å²) < 4.78 is 0. The smallest absolute Gasteiger partial charge is 0.289 e. The maximum absolute atomic E-state index is 11.9. The molecule has 8 heteroatoms. The van der Waals surface area contributed by atoms with Gasteiger partial charge in [0.15, 0.2) is 5.11 Å². The number of nitro groups is 1. The first-order valence-electron chi connectivity index (χ1n) is 8.00. The van der Waals surface area contributed by atoms with Gasteiger partial charge in [-0.25, -0.2) is 0 Å². The highest BCUT2D eigenvalue weighted by atomic mass is 35.5. The van der Waals surface area contributed by atoms with Gasteiger partial charge in [-0.3, -0.25) is 14.9 Å². The van der Waals surface area contributed by atoms with Gasteiger partial charge in [0.2, 0.25) is 5.91 Å². The van der Waals surface area contributed by atoms with E-state index in [0.29, 0.717) is 18.0 Å². The molecule has 0 heterocycles. The van der Waals surface area contributed by atoms with E-state index in [1.54, 1.807) is 6.07 Å². The molecule has 1 amide bonds. The zero-order valence-corrected chi connectivity index (χ0v) is 14.8. The summed E-state index contributed by atoms with van der Waals surface area (Å²) in [5.41, 5.74) is 0.191. The van der Waals surface area contributed by atoms with E-state index in [1.165, 1.54) is 44.2 Å². The largest absolute Gasteiger partial charge is 0.332 e. The Kier molecular flexibility index (Phi) is 6.93. The molecular formula is C16H20ClN3O3S. The van der Waals surface area contributed by atoms with Crippen molar-refractivity contribution >= 4 is 46.2 Å². The second-order valence-corrected chi connectivity index (χ2v) is 6.78. The summed E-state index contributed by atoms with van der Waals surface area (Å²) in [6, 6.07) is 4.26. The number of halogens is 1. The number of hydrogen-bond donors (Lipinski definition) is 2. The van der Waals surface area contributed by atoms with Crippen molar-refractivity contribution in [3.05, 3.63) is 33.3 Å². The first-order chi connectivity index (χ1) is 11.5. The van der Waals surface area contributed by atoms with Crippen LogP contribution in [0.5, 0.6) is 0 Å². The van der Waals surface area contributed by atoms with Gasteiger partial charge in [0.1, 0.15) is 5.02 Å². The molecule has 1 fully saturated rings. The number of carbonyl (C=O) groups is 1. The van der Waals surface area contributed by atoms with Crippen LogP contribution in [0.2, 0.25) is 5.02 Å². The Hall–Kier alpha value is -1.73. The number of rotatable bonds is 5. The van der Waals surface area contributed by atoms with Crippen LogP contribution in [0.1, 0.15) is 44.9 Å². The molecule has 1 aromatic carbocycles. The molecule has 2 N–H and O–H groups in total. The quantitative estimate of drug-likeness (QED) is 0.456. The second-order valence-electron chi connectivity index (χ2n) is 5.97. The summed E-state index contributed by atoms with van der Waals surface area (Å²) >= 11 is 10.8. The molecule has 2 rings (SSSR count). The van der Waals surface area contributed by atoms with Crippen LogP contribution in [0, 0.1) is 16.0 Å². The van der Waals surface area contributed by atoms with Crippen molar-refractivity contribution in [2.75, 3.05) is 5.32 Å². The van der Waals surface area contributed by atoms with Crippen LogP contribution in [-0.2, 0) is 4.79 Å². The highest BCUT2D eigenvalue weighted by Crippen LogP contribution is 2.28. The number of nitrogens with one attached hydrogen (secondary N) is 2. The lowest BCUT2D eigenvalue weighted by Crippen LogP contribution is -2.34. The van der Waals surface area contributed by atoms with Crippen molar-refractivity contribution in [1.29, 1.82) is 0 Å². The van der Waals surface area contributed by atoms with Crippen LogP contribution < -0.4 is 10.6 Å². The minimum atomic E-state index is -0.570. The third-order valence-electron chi connectivity index (χ3n) is 4.16. The maximum Gasteiger partial charge on any atom is 0.289 e. The molecule has 130 valence electrons. The molecule has 24 heavy (non-hydrogen) atoms. The van der Waals surface area contributed by atoms with Gasteiger partial charge in [0, 0.05) is 18.2 Å². The lowest BCUT2D eigenvalue weighted by Gasteiger charge is -2.21.